The molecular weight excluding hydrogens is 1300 g/mol. The molecule has 0 radical (unpaired) electrons. The molecule has 0 aliphatic carbocycles. The zero-order chi connectivity index (χ0) is 70.7. The monoisotopic (exact) mass is 1370 g/mol. The van der Waals surface area contributed by atoms with Crippen LogP contribution in [0.15, 0.2) is 352 Å². The molecule has 0 aliphatic rings. The standard InChI is InChI=1S/C105H65N3/c1-61(2)62-29-31-66(32-30-62)79-55-89-86-53-72(70-34-41-84-74(48-70)38-45-98-102(84)93-60-81(57-88-85-27-14-15-28-94(85)106(98)103(88)93)78-51-76(64-19-8-4-9-20-64)50-77(52-78)65-21-10-5-11-22-65)36-42-95(86)108-99-46-39-75-49-71(33-40-83(75)101(99)91(58-79)104(89)108)73-37-43-96-87(54-73)90-56-80(69-25-16-24-68(47-69)63-17-6-3-7-18-63)59-92-100-82-26-13-12-23-67(82)35-44-97(100)107(96)105(90)92/h3-61H,1-2H3. The van der Waals surface area contributed by atoms with Gasteiger partial charge in [-0.05, 0) is 254 Å². The van der Waals surface area contributed by atoms with Gasteiger partial charge in [0, 0.05) is 64.6 Å². The van der Waals surface area contributed by atoms with Gasteiger partial charge in [0.1, 0.15) is 0 Å². The van der Waals surface area contributed by atoms with Crippen LogP contribution in [0.5, 0.6) is 0 Å². The van der Waals surface area contributed by atoms with Crippen LogP contribution in [0, 0.1) is 0 Å². The molecule has 108 heavy (non-hydrogen) atoms. The largest absolute Gasteiger partial charge is 0.308 e. The summed E-state index contributed by atoms with van der Waals surface area (Å²) >= 11 is 0. The first-order valence-electron chi connectivity index (χ1n) is 37.9. The lowest BCUT2D eigenvalue weighted by Crippen LogP contribution is -1.87. The van der Waals surface area contributed by atoms with E-state index >= 15 is 0 Å². The van der Waals surface area contributed by atoms with E-state index in [4.69, 9.17) is 0 Å². The van der Waals surface area contributed by atoms with Gasteiger partial charge in [0.25, 0.3) is 0 Å². The Kier molecular flexibility index (Phi) is 12.3. The molecule has 0 unspecified atom stereocenters. The normalized spacial score (nSPS) is 12.4. The molecule has 0 saturated carbocycles. The van der Waals surface area contributed by atoms with Crippen LogP contribution < -0.4 is 0 Å². The first kappa shape index (κ1) is 59.5. The minimum atomic E-state index is 0.439. The molecule has 3 nitrogen and oxygen atoms in total. The van der Waals surface area contributed by atoms with Gasteiger partial charge in [0.2, 0.25) is 0 Å². The Labute approximate surface area is 621 Å². The number of aromatic nitrogens is 3. The van der Waals surface area contributed by atoms with Crippen LogP contribution in [-0.2, 0) is 0 Å². The summed E-state index contributed by atoms with van der Waals surface area (Å²) < 4.78 is 7.61. The fraction of sp³-hybridized carbons (Fsp3) is 0.0286. The summed E-state index contributed by atoms with van der Waals surface area (Å²) in [6.45, 7) is 4.56. The van der Waals surface area contributed by atoms with E-state index in [1.54, 1.807) is 0 Å². The lowest BCUT2D eigenvalue weighted by Gasteiger charge is -2.12. The van der Waals surface area contributed by atoms with Gasteiger partial charge in [-0.2, -0.15) is 0 Å². The third kappa shape index (κ3) is 8.55. The van der Waals surface area contributed by atoms with Crippen molar-refractivity contribution in [3.05, 3.63) is 357 Å². The van der Waals surface area contributed by atoms with Gasteiger partial charge in [-0.15, -0.1) is 0 Å². The second-order valence-corrected chi connectivity index (χ2v) is 30.5. The minimum Gasteiger partial charge on any atom is -0.308 e. The Balaban J connectivity index is 0.652. The Morgan fingerprint density at radius 3 is 0.972 bits per heavy atom. The summed E-state index contributed by atoms with van der Waals surface area (Å²) in [7, 11) is 0. The molecular formula is C105H65N3. The zero-order valence-electron chi connectivity index (χ0n) is 59.4. The predicted octanol–water partition coefficient (Wildman–Crippen LogP) is 29.1. The Morgan fingerprint density at radius 1 is 0.167 bits per heavy atom. The molecule has 0 saturated heterocycles. The van der Waals surface area contributed by atoms with Crippen LogP contribution in [0.1, 0.15) is 25.3 Å². The molecule has 18 aromatic carbocycles. The van der Waals surface area contributed by atoms with Gasteiger partial charge in [-0.25, -0.2) is 0 Å². The average Bonchev–Trinajstić information content (AvgIpc) is 1.55. The molecule has 24 aromatic rings. The molecule has 0 atom stereocenters. The summed E-state index contributed by atoms with van der Waals surface area (Å²) in [6.07, 6.45) is 0. The molecule has 0 spiro atoms. The second kappa shape index (κ2) is 22.3. The maximum atomic E-state index is 2.56. The summed E-state index contributed by atoms with van der Waals surface area (Å²) in [5, 5.41) is 22.8. The highest BCUT2D eigenvalue weighted by Gasteiger charge is 2.26. The summed E-state index contributed by atoms with van der Waals surface area (Å²) in [4.78, 5) is 0. The highest BCUT2D eigenvalue weighted by molar-refractivity contribution is 6.33. The Bertz CT molecular complexity index is 7850. The van der Waals surface area contributed by atoms with E-state index in [9.17, 15) is 0 Å². The number of nitrogens with zero attached hydrogens (tertiary/aromatic N) is 3. The molecule has 6 heterocycles. The van der Waals surface area contributed by atoms with E-state index in [-0.39, 0.29) is 0 Å². The van der Waals surface area contributed by atoms with Crippen LogP contribution in [0.4, 0.5) is 0 Å². The number of hydrogen-bond acceptors (Lipinski definition) is 0. The van der Waals surface area contributed by atoms with E-state index in [2.05, 4.69) is 379 Å². The van der Waals surface area contributed by atoms with E-state index in [0.29, 0.717) is 5.92 Å². The summed E-state index contributed by atoms with van der Waals surface area (Å²) in [5.41, 5.74) is 31.9. The van der Waals surface area contributed by atoms with Gasteiger partial charge in [-0.1, -0.05) is 244 Å². The third-order valence-corrected chi connectivity index (χ3v) is 24.3. The number of para-hydroxylation sites is 1. The van der Waals surface area contributed by atoms with Crippen LogP contribution in [0.2, 0.25) is 0 Å². The van der Waals surface area contributed by atoms with Crippen molar-refractivity contribution in [1.82, 2.24) is 13.2 Å². The Hall–Kier alpha value is -13.9. The number of fused-ring (bicyclic) bond motifs is 24. The van der Waals surface area contributed by atoms with Crippen molar-refractivity contribution in [2.75, 3.05) is 0 Å². The molecule has 0 aliphatic heterocycles. The number of hydrogen-bond donors (Lipinski definition) is 0. The van der Waals surface area contributed by atoms with Crippen LogP contribution in [-0.4, -0.2) is 13.2 Å². The molecule has 0 bridgehead atoms. The quantitative estimate of drug-likeness (QED) is 0.137. The van der Waals surface area contributed by atoms with E-state index in [1.165, 1.54) is 241 Å². The zero-order valence-corrected chi connectivity index (χ0v) is 59.4. The van der Waals surface area contributed by atoms with Crippen LogP contribution in [0.25, 0.3) is 236 Å². The average molecular weight is 1370 g/mol. The van der Waals surface area contributed by atoms with Gasteiger partial charge < -0.3 is 13.2 Å². The van der Waals surface area contributed by atoms with Crippen molar-refractivity contribution in [2.24, 2.45) is 0 Å². The highest BCUT2D eigenvalue weighted by atomic mass is 14.9. The topological polar surface area (TPSA) is 13.2 Å². The second-order valence-electron chi connectivity index (χ2n) is 30.5. The van der Waals surface area contributed by atoms with Gasteiger partial charge in [-0.3, -0.25) is 0 Å². The van der Waals surface area contributed by atoms with Crippen molar-refractivity contribution in [3.8, 4) is 89.0 Å². The lowest BCUT2D eigenvalue weighted by atomic mass is 9.91. The number of benzene rings is 18. The smallest absolute Gasteiger partial charge is 0.0621 e. The predicted molar refractivity (Wildman–Crippen MR) is 461 cm³/mol. The van der Waals surface area contributed by atoms with E-state index in [0.717, 1.165) is 0 Å². The first-order valence-corrected chi connectivity index (χ1v) is 37.9. The molecule has 0 fully saturated rings. The molecule has 0 N–H and O–H groups in total. The van der Waals surface area contributed by atoms with Crippen LogP contribution in [0.3, 0.4) is 0 Å². The van der Waals surface area contributed by atoms with E-state index in [1.807, 2.05) is 0 Å². The van der Waals surface area contributed by atoms with Crippen molar-refractivity contribution in [3.63, 3.8) is 0 Å². The SMILES string of the molecule is CC(C)c1ccc(-c2cc3c4cc(-c5ccc6c(ccc7c6c6cc(-c8cc(-c9ccccc9)cc(-c9ccccc9)c8)cc8c9ccccc9n7c86)c5)ccc4n4c5ccc6cc(-c7ccc8c(c7)c7cc(-c9cccc(-c%10ccccc%10)c9)cc9c%10c%11ccccc%11ccc%10n8c79)ccc6c5c(c2)c34)cc1. The number of rotatable bonds is 9. The summed E-state index contributed by atoms with van der Waals surface area (Å²) in [5.74, 6) is 0.439. The van der Waals surface area contributed by atoms with Gasteiger partial charge in [0.05, 0.1) is 49.7 Å². The molecule has 24 rings (SSSR count). The lowest BCUT2D eigenvalue weighted by molar-refractivity contribution is 0.867. The maximum Gasteiger partial charge on any atom is 0.0621 e. The van der Waals surface area contributed by atoms with Crippen molar-refractivity contribution in [1.29, 1.82) is 0 Å². The molecule has 6 aromatic heterocycles. The minimum absolute atomic E-state index is 0.439. The third-order valence-electron chi connectivity index (χ3n) is 24.3. The van der Waals surface area contributed by atoms with Crippen molar-refractivity contribution < 1.29 is 0 Å². The fourth-order valence-electron chi connectivity index (χ4n) is 19.2. The van der Waals surface area contributed by atoms with Crippen LogP contribution >= 0.6 is 0 Å². The fourth-order valence-corrected chi connectivity index (χ4v) is 19.2. The molecule has 0 amide bonds. The summed E-state index contributed by atoms with van der Waals surface area (Å²) in [6, 6.07) is 133. The molecule has 500 valence electrons. The van der Waals surface area contributed by atoms with E-state index < -0.39 is 0 Å². The van der Waals surface area contributed by atoms with Crippen molar-refractivity contribution in [2.45, 2.75) is 19.8 Å². The Morgan fingerprint density at radius 2 is 0.463 bits per heavy atom. The highest BCUT2D eigenvalue weighted by Crippen LogP contribution is 2.51. The molecule has 3 heteroatoms. The first-order chi connectivity index (χ1) is 53.3. The van der Waals surface area contributed by atoms with Gasteiger partial charge >= 0.3 is 0 Å². The van der Waals surface area contributed by atoms with Crippen molar-refractivity contribution >= 4 is 147 Å². The maximum absolute atomic E-state index is 2.56. The van der Waals surface area contributed by atoms with Gasteiger partial charge in [0.15, 0.2) is 0 Å².